The molecule has 8 heteroatoms. The van der Waals surface area contributed by atoms with Crippen LogP contribution in [0.1, 0.15) is 44.9 Å². The summed E-state index contributed by atoms with van der Waals surface area (Å²) in [7, 11) is 0. The number of benzene rings is 1. The van der Waals surface area contributed by atoms with Gasteiger partial charge in [-0.15, -0.1) is 0 Å². The number of esters is 1. The van der Waals surface area contributed by atoms with E-state index < -0.39 is 5.60 Å². The zero-order chi connectivity index (χ0) is 24.2. The van der Waals surface area contributed by atoms with E-state index in [1.807, 2.05) is 51.5 Å². The zero-order valence-corrected chi connectivity index (χ0v) is 20.0. The predicted octanol–water partition coefficient (Wildman–Crippen LogP) is 4.56. The second kappa shape index (κ2) is 7.73. The average molecular weight is 467 g/mol. The van der Waals surface area contributed by atoms with Crippen LogP contribution in [0.15, 0.2) is 67.4 Å². The average Bonchev–Trinajstić information content (AvgIpc) is 3.29. The second-order valence-corrected chi connectivity index (χ2v) is 10.1. The maximum absolute atomic E-state index is 12.2. The van der Waals surface area contributed by atoms with Crippen molar-refractivity contribution in [3.05, 3.63) is 78.6 Å². The number of fused-ring (bicyclic) bond motifs is 2. The van der Waals surface area contributed by atoms with Crippen molar-refractivity contribution >= 4 is 22.6 Å². The lowest BCUT2D eigenvalue weighted by atomic mass is 9.91. The number of nitrogens with zero attached hydrogens (tertiary/aromatic N) is 6. The van der Waals surface area contributed by atoms with Crippen molar-refractivity contribution in [3.63, 3.8) is 0 Å². The zero-order valence-electron chi connectivity index (χ0n) is 20.0. The standard InChI is InChI=1S/C27H26N6O2/c1-26(2,3)35-24(34)17-32-12-8-22(31-32)19-14-29-25-30-15-23(33(25)16-19)27(9-10-27)20-6-7-21-18(13-20)5-4-11-28-21/h4-8,11-16H,9-10,17H2,1-3H3. The molecule has 4 aromatic heterocycles. The van der Waals surface area contributed by atoms with E-state index in [9.17, 15) is 4.79 Å². The molecule has 4 heterocycles. The molecule has 0 spiro atoms. The van der Waals surface area contributed by atoms with Crippen LogP contribution in [0.25, 0.3) is 27.9 Å². The summed E-state index contributed by atoms with van der Waals surface area (Å²) in [6, 6.07) is 12.5. The van der Waals surface area contributed by atoms with Crippen LogP contribution in [-0.4, -0.2) is 40.7 Å². The fourth-order valence-corrected chi connectivity index (χ4v) is 4.66. The van der Waals surface area contributed by atoms with E-state index >= 15 is 0 Å². The maximum atomic E-state index is 12.2. The van der Waals surface area contributed by atoms with E-state index in [0.717, 1.165) is 40.7 Å². The van der Waals surface area contributed by atoms with Crippen LogP contribution < -0.4 is 0 Å². The van der Waals surface area contributed by atoms with Crippen LogP contribution >= 0.6 is 0 Å². The van der Waals surface area contributed by atoms with E-state index in [2.05, 4.69) is 48.7 Å². The molecule has 1 aliphatic rings. The van der Waals surface area contributed by atoms with Crippen molar-refractivity contribution in [2.45, 2.75) is 51.2 Å². The van der Waals surface area contributed by atoms with Gasteiger partial charge >= 0.3 is 5.97 Å². The molecule has 0 N–H and O–H groups in total. The van der Waals surface area contributed by atoms with Crippen LogP contribution in [0.3, 0.4) is 0 Å². The number of ether oxygens (including phenoxy) is 1. The lowest BCUT2D eigenvalue weighted by Gasteiger charge is -2.19. The van der Waals surface area contributed by atoms with E-state index in [0.29, 0.717) is 5.78 Å². The summed E-state index contributed by atoms with van der Waals surface area (Å²) >= 11 is 0. The molecular formula is C27H26N6O2. The third-order valence-electron chi connectivity index (χ3n) is 6.41. The SMILES string of the molecule is CC(C)(C)OC(=O)Cn1ccc(-c2cnc3ncc(C4(c5ccc6ncccc6c5)CC4)n3c2)n1. The molecule has 6 rings (SSSR count). The van der Waals surface area contributed by atoms with Crippen LogP contribution in [-0.2, 0) is 21.5 Å². The first-order valence-electron chi connectivity index (χ1n) is 11.8. The Morgan fingerprint density at radius 1 is 1.09 bits per heavy atom. The number of hydrogen-bond donors (Lipinski definition) is 0. The molecule has 0 amide bonds. The quantitative estimate of drug-likeness (QED) is 0.353. The minimum absolute atomic E-state index is 0.0587. The first-order valence-corrected chi connectivity index (χ1v) is 11.8. The van der Waals surface area contributed by atoms with Gasteiger partial charge in [-0.05, 0) is 63.4 Å². The van der Waals surface area contributed by atoms with E-state index in [1.54, 1.807) is 17.1 Å². The van der Waals surface area contributed by atoms with Gasteiger partial charge in [-0.1, -0.05) is 12.1 Å². The minimum atomic E-state index is -0.528. The molecule has 0 bridgehead atoms. The van der Waals surface area contributed by atoms with Gasteiger partial charge in [-0.2, -0.15) is 5.10 Å². The van der Waals surface area contributed by atoms with Gasteiger partial charge in [0, 0.05) is 41.2 Å². The highest BCUT2D eigenvalue weighted by molar-refractivity contribution is 5.79. The van der Waals surface area contributed by atoms with E-state index in [1.165, 1.54) is 5.56 Å². The van der Waals surface area contributed by atoms with Gasteiger partial charge in [0.05, 0.1) is 23.1 Å². The molecule has 0 atom stereocenters. The summed E-state index contributed by atoms with van der Waals surface area (Å²) in [6.07, 6.45) is 11.5. The van der Waals surface area contributed by atoms with Crippen molar-refractivity contribution in [1.82, 2.24) is 29.1 Å². The molecule has 5 aromatic rings. The lowest BCUT2D eigenvalue weighted by molar-refractivity contribution is -0.155. The molecular weight excluding hydrogens is 440 g/mol. The predicted molar refractivity (Wildman–Crippen MR) is 132 cm³/mol. The number of carbonyl (C=O) groups is 1. The highest BCUT2D eigenvalue weighted by Gasteiger charge is 2.48. The third-order valence-corrected chi connectivity index (χ3v) is 6.41. The first kappa shape index (κ1) is 21.5. The fraction of sp³-hybridized carbons (Fsp3) is 0.296. The Hall–Kier alpha value is -4.07. The molecule has 35 heavy (non-hydrogen) atoms. The largest absolute Gasteiger partial charge is 0.459 e. The van der Waals surface area contributed by atoms with Crippen molar-refractivity contribution in [1.29, 1.82) is 0 Å². The van der Waals surface area contributed by atoms with Gasteiger partial charge in [-0.25, -0.2) is 9.97 Å². The Kier molecular flexibility index (Phi) is 4.74. The molecule has 8 nitrogen and oxygen atoms in total. The van der Waals surface area contributed by atoms with Crippen LogP contribution in [0.5, 0.6) is 0 Å². The molecule has 1 fully saturated rings. The number of rotatable bonds is 5. The number of carbonyl (C=O) groups excluding carboxylic acids is 1. The van der Waals surface area contributed by atoms with E-state index in [-0.39, 0.29) is 17.9 Å². The van der Waals surface area contributed by atoms with Gasteiger partial charge in [0.2, 0.25) is 5.78 Å². The molecule has 176 valence electrons. The van der Waals surface area contributed by atoms with Crippen molar-refractivity contribution in [2.24, 2.45) is 0 Å². The Balaban J connectivity index is 1.33. The topological polar surface area (TPSA) is 87.2 Å². The molecule has 0 aliphatic heterocycles. The third kappa shape index (κ3) is 3.95. The van der Waals surface area contributed by atoms with Gasteiger partial charge in [-0.3, -0.25) is 18.9 Å². The number of imidazole rings is 1. The van der Waals surface area contributed by atoms with Gasteiger partial charge in [0.25, 0.3) is 0 Å². The van der Waals surface area contributed by atoms with Gasteiger partial charge in [0.1, 0.15) is 12.1 Å². The lowest BCUT2D eigenvalue weighted by Crippen LogP contribution is -2.26. The van der Waals surface area contributed by atoms with E-state index in [4.69, 9.17) is 4.74 Å². The Labute approximate surface area is 202 Å². The summed E-state index contributed by atoms with van der Waals surface area (Å²) in [6.45, 7) is 5.61. The second-order valence-electron chi connectivity index (χ2n) is 10.1. The van der Waals surface area contributed by atoms with Crippen LogP contribution in [0, 0.1) is 0 Å². The van der Waals surface area contributed by atoms with Crippen molar-refractivity contribution in [2.75, 3.05) is 0 Å². The highest BCUT2D eigenvalue weighted by Crippen LogP contribution is 2.53. The number of hydrogen-bond acceptors (Lipinski definition) is 6. The summed E-state index contributed by atoms with van der Waals surface area (Å²) in [5.41, 5.74) is 4.38. The first-order chi connectivity index (χ1) is 16.8. The summed E-state index contributed by atoms with van der Waals surface area (Å²) in [5.74, 6) is 0.338. The number of pyridine rings is 1. The minimum Gasteiger partial charge on any atom is -0.459 e. The monoisotopic (exact) mass is 466 g/mol. The summed E-state index contributed by atoms with van der Waals surface area (Å²) in [4.78, 5) is 25.8. The smallest absolute Gasteiger partial charge is 0.328 e. The fourth-order valence-electron chi connectivity index (χ4n) is 4.66. The molecule has 0 saturated heterocycles. The van der Waals surface area contributed by atoms with Crippen molar-refractivity contribution in [3.8, 4) is 11.3 Å². The molecule has 1 aliphatic carbocycles. The molecule has 0 radical (unpaired) electrons. The normalized spacial score (nSPS) is 14.9. The Morgan fingerprint density at radius 3 is 2.71 bits per heavy atom. The molecule has 1 saturated carbocycles. The van der Waals surface area contributed by atoms with Gasteiger partial charge in [0.15, 0.2) is 0 Å². The van der Waals surface area contributed by atoms with Crippen molar-refractivity contribution < 1.29 is 9.53 Å². The van der Waals surface area contributed by atoms with Gasteiger partial charge < -0.3 is 4.74 Å². The number of aromatic nitrogens is 6. The molecule has 0 unspecified atom stereocenters. The highest BCUT2D eigenvalue weighted by atomic mass is 16.6. The maximum Gasteiger partial charge on any atom is 0.328 e. The molecule has 1 aromatic carbocycles. The summed E-state index contributed by atoms with van der Waals surface area (Å²) < 4.78 is 9.07. The van der Waals surface area contributed by atoms with Crippen LogP contribution in [0.2, 0.25) is 0 Å². The Morgan fingerprint density at radius 2 is 1.91 bits per heavy atom. The summed E-state index contributed by atoms with van der Waals surface area (Å²) in [5, 5.41) is 5.71. The Bertz CT molecular complexity index is 1570. The van der Waals surface area contributed by atoms with Crippen LogP contribution in [0.4, 0.5) is 0 Å².